The zero-order chi connectivity index (χ0) is 17.1. The number of benzene rings is 2. The summed E-state index contributed by atoms with van der Waals surface area (Å²) in [5, 5.41) is 19.2. The van der Waals surface area contributed by atoms with Gasteiger partial charge in [-0.05, 0) is 29.8 Å². The molecule has 5 nitrogen and oxygen atoms in total. The van der Waals surface area contributed by atoms with E-state index in [2.05, 4.69) is 12.1 Å². The lowest BCUT2D eigenvalue weighted by Gasteiger charge is -2.09. The van der Waals surface area contributed by atoms with Gasteiger partial charge in [-0.3, -0.25) is 4.57 Å². The molecule has 1 aromatic heterocycles. The van der Waals surface area contributed by atoms with Crippen molar-refractivity contribution in [3.05, 3.63) is 65.9 Å². The SMILES string of the molecule is COc1ccc(-n2c(N)c(C#N)c(-c3ccccc3)c2C#N)cc1. The Hall–Kier alpha value is -3.70. The van der Waals surface area contributed by atoms with Crippen molar-refractivity contribution in [2.24, 2.45) is 0 Å². The summed E-state index contributed by atoms with van der Waals surface area (Å²) in [6.07, 6.45) is 0. The molecule has 0 spiro atoms. The Bertz CT molecular complexity index is 958. The molecule has 0 atom stereocenters. The largest absolute Gasteiger partial charge is 0.497 e. The number of hydrogen-bond donors (Lipinski definition) is 1. The van der Waals surface area contributed by atoms with Crippen molar-refractivity contribution in [2.75, 3.05) is 12.8 Å². The van der Waals surface area contributed by atoms with Gasteiger partial charge in [-0.1, -0.05) is 30.3 Å². The number of nitriles is 2. The molecule has 0 saturated heterocycles. The van der Waals surface area contributed by atoms with Crippen LogP contribution in [0.4, 0.5) is 5.82 Å². The van der Waals surface area contributed by atoms with Gasteiger partial charge >= 0.3 is 0 Å². The third kappa shape index (κ3) is 2.35. The minimum atomic E-state index is 0.248. The molecule has 2 aromatic carbocycles. The van der Waals surface area contributed by atoms with Crippen LogP contribution in [0.2, 0.25) is 0 Å². The molecular formula is C19H14N4O. The monoisotopic (exact) mass is 314 g/mol. The van der Waals surface area contributed by atoms with Crippen molar-refractivity contribution in [3.8, 4) is 34.7 Å². The van der Waals surface area contributed by atoms with Crippen LogP contribution >= 0.6 is 0 Å². The highest BCUT2D eigenvalue weighted by atomic mass is 16.5. The van der Waals surface area contributed by atoms with E-state index in [0.29, 0.717) is 28.3 Å². The third-order valence-electron chi connectivity index (χ3n) is 3.82. The Kier molecular flexibility index (Phi) is 3.93. The Morgan fingerprint density at radius 1 is 0.958 bits per heavy atom. The first-order valence-electron chi connectivity index (χ1n) is 7.25. The zero-order valence-electron chi connectivity index (χ0n) is 13.0. The van der Waals surface area contributed by atoms with Gasteiger partial charge in [0, 0.05) is 11.3 Å². The molecule has 0 saturated carbocycles. The standard InChI is InChI=1S/C19H14N4O/c1-24-15-9-7-14(8-10-15)23-17(12-21)18(16(11-20)19(23)22)13-5-3-2-4-6-13/h2-10H,22H2,1H3. The average molecular weight is 314 g/mol. The van der Waals surface area contributed by atoms with Crippen LogP contribution in [0.15, 0.2) is 54.6 Å². The van der Waals surface area contributed by atoms with Gasteiger partial charge in [0.1, 0.15) is 35.0 Å². The van der Waals surface area contributed by atoms with Crippen LogP contribution in [0.25, 0.3) is 16.8 Å². The molecule has 3 aromatic rings. The molecule has 0 unspecified atom stereocenters. The highest BCUT2D eigenvalue weighted by molar-refractivity contribution is 5.83. The second-order valence-electron chi connectivity index (χ2n) is 5.11. The number of rotatable bonds is 3. The number of nitrogens with zero attached hydrogens (tertiary/aromatic N) is 3. The Morgan fingerprint density at radius 2 is 1.62 bits per heavy atom. The summed E-state index contributed by atoms with van der Waals surface area (Å²) >= 11 is 0. The first kappa shape index (κ1) is 15.2. The van der Waals surface area contributed by atoms with Crippen LogP contribution in [-0.2, 0) is 0 Å². The van der Waals surface area contributed by atoms with Gasteiger partial charge in [0.05, 0.1) is 7.11 Å². The Morgan fingerprint density at radius 3 is 2.17 bits per heavy atom. The summed E-state index contributed by atoms with van der Waals surface area (Å²) in [6, 6.07) is 20.8. The summed E-state index contributed by atoms with van der Waals surface area (Å²) in [7, 11) is 1.58. The quantitative estimate of drug-likeness (QED) is 0.801. The van der Waals surface area contributed by atoms with Crippen LogP contribution in [0.1, 0.15) is 11.3 Å². The number of nitrogens with two attached hydrogens (primary N) is 1. The van der Waals surface area contributed by atoms with E-state index >= 15 is 0 Å². The van der Waals surface area contributed by atoms with Crippen LogP contribution in [-0.4, -0.2) is 11.7 Å². The molecule has 0 bridgehead atoms. The first-order chi connectivity index (χ1) is 11.7. The lowest BCUT2D eigenvalue weighted by Crippen LogP contribution is -2.03. The summed E-state index contributed by atoms with van der Waals surface area (Å²) in [4.78, 5) is 0. The van der Waals surface area contributed by atoms with Crippen LogP contribution in [0.5, 0.6) is 5.75 Å². The van der Waals surface area contributed by atoms with Gasteiger partial charge in [-0.15, -0.1) is 0 Å². The van der Waals surface area contributed by atoms with E-state index in [4.69, 9.17) is 10.5 Å². The van der Waals surface area contributed by atoms with Gasteiger partial charge in [-0.2, -0.15) is 10.5 Å². The highest BCUT2D eigenvalue weighted by Crippen LogP contribution is 2.36. The number of hydrogen-bond acceptors (Lipinski definition) is 4. The van der Waals surface area contributed by atoms with Crippen LogP contribution < -0.4 is 10.5 Å². The number of ether oxygens (including phenoxy) is 1. The number of nitrogen functional groups attached to an aromatic ring is 1. The molecule has 24 heavy (non-hydrogen) atoms. The van der Waals surface area contributed by atoms with Crippen molar-refractivity contribution in [1.29, 1.82) is 10.5 Å². The van der Waals surface area contributed by atoms with Crippen LogP contribution in [0.3, 0.4) is 0 Å². The van der Waals surface area contributed by atoms with E-state index in [-0.39, 0.29) is 5.82 Å². The van der Waals surface area contributed by atoms with E-state index in [1.807, 2.05) is 30.3 Å². The van der Waals surface area contributed by atoms with E-state index < -0.39 is 0 Å². The summed E-state index contributed by atoms with van der Waals surface area (Å²) < 4.78 is 6.75. The lowest BCUT2D eigenvalue weighted by atomic mass is 10.0. The van der Waals surface area contributed by atoms with Crippen molar-refractivity contribution < 1.29 is 4.74 Å². The van der Waals surface area contributed by atoms with Crippen molar-refractivity contribution in [3.63, 3.8) is 0 Å². The maximum atomic E-state index is 9.70. The fourth-order valence-corrected chi connectivity index (χ4v) is 2.69. The van der Waals surface area contributed by atoms with E-state index in [1.54, 1.807) is 35.9 Å². The van der Waals surface area contributed by atoms with Crippen molar-refractivity contribution >= 4 is 5.82 Å². The van der Waals surface area contributed by atoms with E-state index in [1.165, 1.54) is 0 Å². The molecule has 0 radical (unpaired) electrons. The molecule has 0 amide bonds. The number of aromatic nitrogens is 1. The molecule has 0 aliphatic carbocycles. The maximum absolute atomic E-state index is 9.70. The van der Waals surface area contributed by atoms with Crippen molar-refractivity contribution in [2.45, 2.75) is 0 Å². The normalized spacial score (nSPS) is 9.96. The molecule has 3 rings (SSSR count). The highest BCUT2D eigenvalue weighted by Gasteiger charge is 2.23. The average Bonchev–Trinajstić information content (AvgIpc) is 2.94. The predicted octanol–water partition coefficient (Wildman–Crippen LogP) is 3.48. The van der Waals surface area contributed by atoms with Gasteiger partial charge in [0.25, 0.3) is 0 Å². The van der Waals surface area contributed by atoms with E-state index in [0.717, 1.165) is 5.56 Å². The Labute approximate surface area is 139 Å². The van der Waals surface area contributed by atoms with E-state index in [9.17, 15) is 10.5 Å². The zero-order valence-corrected chi connectivity index (χ0v) is 13.0. The minimum absolute atomic E-state index is 0.248. The predicted molar refractivity (Wildman–Crippen MR) is 91.6 cm³/mol. The number of anilines is 1. The van der Waals surface area contributed by atoms with Gasteiger partial charge in [0.15, 0.2) is 0 Å². The van der Waals surface area contributed by atoms with Gasteiger partial charge in [0.2, 0.25) is 0 Å². The topological polar surface area (TPSA) is 87.8 Å². The molecule has 0 fully saturated rings. The molecule has 0 aliphatic heterocycles. The van der Waals surface area contributed by atoms with Crippen molar-refractivity contribution in [1.82, 2.24) is 4.57 Å². The fourth-order valence-electron chi connectivity index (χ4n) is 2.69. The minimum Gasteiger partial charge on any atom is -0.497 e. The molecule has 116 valence electrons. The summed E-state index contributed by atoms with van der Waals surface area (Å²) in [5.41, 5.74) is 8.85. The Balaban J connectivity index is 2.30. The second-order valence-corrected chi connectivity index (χ2v) is 5.11. The molecule has 0 aliphatic rings. The maximum Gasteiger partial charge on any atom is 0.135 e. The molecule has 5 heteroatoms. The first-order valence-corrected chi connectivity index (χ1v) is 7.25. The fraction of sp³-hybridized carbons (Fsp3) is 0.0526. The van der Waals surface area contributed by atoms with Crippen LogP contribution in [0, 0.1) is 22.7 Å². The number of methoxy groups -OCH3 is 1. The molecule has 1 heterocycles. The third-order valence-corrected chi connectivity index (χ3v) is 3.82. The van der Waals surface area contributed by atoms with Gasteiger partial charge < -0.3 is 10.5 Å². The summed E-state index contributed by atoms with van der Waals surface area (Å²) in [5.74, 6) is 0.949. The molecule has 2 N–H and O–H groups in total. The lowest BCUT2D eigenvalue weighted by molar-refractivity contribution is 0.415. The van der Waals surface area contributed by atoms with Gasteiger partial charge in [-0.25, -0.2) is 0 Å². The molecular weight excluding hydrogens is 300 g/mol. The second kappa shape index (κ2) is 6.20. The summed E-state index contributed by atoms with van der Waals surface area (Å²) in [6.45, 7) is 0. The smallest absolute Gasteiger partial charge is 0.135 e.